The molecule has 0 bridgehead atoms. The molecule has 4 N–H and O–H groups in total. The number of nitrogens with one attached hydrogen (secondary N) is 2. The number of primary sulfonamides is 1. The molecular weight excluding hydrogens is 376 g/mol. The number of rotatable bonds is 7. The lowest BCUT2D eigenvalue weighted by molar-refractivity contribution is -0.116. The summed E-state index contributed by atoms with van der Waals surface area (Å²) in [5, 5.41) is 20.5. The second kappa shape index (κ2) is 8.67. The Bertz CT molecular complexity index is 937. The Kier molecular flexibility index (Phi) is 6.58. The molecule has 0 aliphatic heterocycles. The van der Waals surface area contributed by atoms with Crippen LogP contribution in [0.4, 0.5) is 11.4 Å². The maximum absolute atomic E-state index is 11.9. The molecule has 26 heavy (non-hydrogen) atoms. The van der Waals surface area contributed by atoms with Crippen LogP contribution >= 0.6 is 11.6 Å². The third kappa shape index (κ3) is 5.74. The Labute approximate surface area is 156 Å². The molecule has 0 atom stereocenters. The molecule has 0 saturated heterocycles. The van der Waals surface area contributed by atoms with Gasteiger partial charge in [0.2, 0.25) is 15.9 Å². The lowest BCUT2D eigenvalue weighted by Gasteiger charge is -2.10. The van der Waals surface area contributed by atoms with Crippen molar-refractivity contribution in [3.05, 3.63) is 53.1 Å². The van der Waals surface area contributed by atoms with Gasteiger partial charge in [0.25, 0.3) is 0 Å². The summed E-state index contributed by atoms with van der Waals surface area (Å²) in [4.78, 5) is 11.8. The van der Waals surface area contributed by atoms with E-state index >= 15 is 0 Å². The van der Waals surface area contributed by atoms with Gasteiger partial charge in [-0.15, -0.1) is 0 Å². The van der Waals surface area contributed by atoms with Gasteiger partial charge in [-0.25, -0.2) is 13.6 Å². The van der Waals surface area contributed by atoms with Gasteiger partial charge in [0.1, 0.15) is 6.07 Å². The maximum Gasteiger partial charge on any atom is 0.238 e. The molecule has 136 valence electrons. The number of amides is 1. The fraction of sp³-hybridized carbons (Fsp3) is 0.176. The molecule has 0 heterocycles. The van der Waals surface area contributed by atoms with Crippen molar-refractivity contribution in [2.24, 2.45) is 5.14 Å². The number of carbonyl (C=O) groups excluding carboxylic acids is 1. The second-order valence-electron chi connectivity index (χ2n) is 5.45. The molecule has 0 aliphatic carbocycles. The third-order valence-electron chi connectivity index (χ3n) is 3.46. The number of carbonyl (C=O) groups is 1. The molecule has 1 amide bonds. The van der Waals surface area contributed by atoms with Crippen molar-refractivity contribution in [1.29, 1.82) is 5.26 Å². The summed E-state index contributed by atoms with van der Waals surface area (Å²) in [5.41, 5.74) is 1.32. The molecule has 7 nitrogen and oxygen atoms in total. The van der Waals surface area contributed by atoms with Gasteiger partial charge in [-0.2, -0.15) is 5.26 Å². The van der Waals surface area contributed by atoms with E-state index in [2.05, 4.69) is 10.6 Å². The molecule has 0 spiro atoms. The first-order chi connectivity index (χ1) is 12.3. The molecule has 2 aromatic carbocycles. The highest BCUT2D eigenvalue weighted by molar-refractivity contribution is 7.89. The number of anilines is 2. The topological polar surface area (TPSA) is 125 Å². The Morgan fingerprint density at radius 3 is 2.50 bits per heavy atom. The Balaban J connectivity index is 1.85. The molecule has 2 aromatic rings. The van der Waals surface area contributed by atoms with E-state index in [0.717, 1.165) is 0 Å². The van der Waals surface area contributed by atoms with E-state index in [0.29, 0.717) is 29.4 Å². The number of benzene rings is 2. The van der Waals surface area contributed by atoms with E-state index in [1.165, 1.54) is 18.2 Å². The molecule has 0 aromatic heterocycles. The van der Waals surface area contributed by atoms with Gasteiger partial charge in [0.05, 0.1) is 16.1 Å². The van der Waals surface area contributed by atoms with Gasteiger partial charge < -0.3 is 10.6 Å². The number of nitrogens with zero attached hydrogens (tertiary/aromatic N) is 1. The summed E-state index contributed by atoms with van der Waals surface area (Å²) in [6.07, 6.45) is 0.813. The summed E-state index contributed by atoms with van der Waals surface area (Å²) in [5.74, 6) is -0.140. The summed E-state index contributed by atoms with van der Waals surface area (Å²) in [6, 6.07) is 12.7. The highest BCUT2D eigenvalue weighted by Crippen LogP contribution is 2.19. The number of hydrogen-bond donors (Lipinski definition) is 3. The molecule has 0 fully saturated rings. The zero-order chi connectivity index (χ0) is 19.2. The minimum atomic E-state index is -3.86. The Morgan fingerprint density at radius 1 is 1.19 bits per heavy atom. The number of nitrogens with two attached hydrogens (primary N) is 1. The minimum absolute atomic E-state index is 0.123. The molecular formula is C17H17ClN4O3S. The van der Waals surface area contributed by atoms with Gasteiger partial charge in [-0.3, -0.25) is 4.79 Å². The molecule has 0 unspecified atom stereocenters. The van der Waals surface area contributed by atoms with Crippen LogP contribution in [0.1, 0.15) is 18.4 Å². The molecule has 9 heteroatoms. The van der Waals surface area contributed by atoms with Crippen LogP contribution in [0, 0.1) is 11.3 Å². The van der Waals surface area contributed by atoms with E-state index in [1.54, 1.807) is 24.3 Å². The maximum atomic E-state index is 11.9. The molecule has 0 aliphatic rings. The number of sulfonamides is 1. The number of halogens is 1. The number of hydrogen-bond acceptors (Lipinski definition) is 5. The van der Waals surface area contributed by atoms with Crippen molar-refractivity contribution < 1.29 is 13.2 Å². The Hall–Kier alpha value is -2.60. The smallest absolute Gasteiger partial charge is 0.238 e. The van der Waals surface area contributed by atoms with Crippen molar-refractivity contribution in [2.45, 2.75) is 17.7 Å². The van der Waals surface area contributed by atoms with Crippen LogP contribution in [0.2, 0.25) is 5.02 Å². The van der Waals surface area contributed by atoms with Crippen molar-refractivity contribution >= 4 is 38.9 Å². The average Bonchev–Trinajstić information content (AvgIpc) is 2.60. The first-order valence-corrected chi connectivity index (χ1v) is 9.58. The zero-order valence-electron chi connectivity index (χ0n) is 13.7. The first kappa shape index (κ1) is 19.7. The van der Waals surface area contributed by atoms with Gasteiger partial charge in [-0.05, 0) is 48.9 Å². The van der Waals surface area contributed by atoms with Gasteiger partial charge in [-0.1, -0.05) is 11.6 Å². The number of nitriles is 1. The van der Waals surface area contributed by atoms with E-state index in [4.69, 9.17) is 22.0 Å². The Morgan fingerprint density at radius 2 is 1.88 bits per heavy atom. The van der Waals surface area contributed by atoms with Crippen LogP contribution in [0.3, 0.4) is 0 Å². The summed E-state index contributed by atoms with van der Waals surface area (Å²) in [7, 11) is -3.86. The van der Waals surface area contributed by atoms with Gasteiger partial charge in [0.15, 0.2) is 0 Å². The summed E-state index contributed by atoms with van der Waals surface area (Å²) < 4.78 is 22.6. The monoisotopic (exact) mass is 392 g/mol. The average molecular weight is 393 g/mol. The molecule has 0 saturated carbocycles. The van der Waals surface area contributed by atoms with E-state index in [1.807, 2.05) is 6.07 Å². The van der Waals surface area contributed by atoms with Crippen LogP contribution in [0.5, 0.6) is 0 Å². The van der Waals surface area contributed by atoms with E-state index in [9.17, 15) is 13.2 Å². The quantitative estimate of drug-likeness (QED) is 0.624. The SMILES string of the molecule is N#Cc1cc(S(N)(=O)=O)ccc1NCCCC(=O)Nc1ccc(Cl)cc1. The largest absolute Gasteiger partial charge is 0.384 e. The minimum Gasteiger partial charge on any atom is -0.384 e. The first-order valence-electron chi connectivity index (χ1n) is 7.66. The highest BCUT2D eigenvalue weighted by atomic mass is 35.5. The zero-order valence-corrected chi connectivity index (χ0v) is 15.3. The lowest BCUT2D eigenvalue weighted by Crippen LogP contribution is -2.14. The normalized spacial score (nSPS) is 10.8. The van der Waals surface area contributed by atoms with E-state index < -0.39 is 10.0 Å². The lowest BCUT2D eigenvalue weighted by atomic mass is 10.2. The third-order valence-corrected chi connectivity index (χ3v) is 4.63. The summed E-state index contributed by atoms with van der Waals surface area (Å²) >= 11 is 5.78. The predicted octanol–water partition coefficient (Wildman–Crippen LogP) is 2.69. The van der Waals surface area contributed by atoms with Gasteiger partial charge >= 0.3 is 0 Å². The second-order valence-corrected chi connectivity index (χ2v) is 7.45. The van der Waals surface area contributed by atoms with Crippen LogP contribution in [0.15, 0.2) is 47.4 Å². The van der Waals surface area contributed by atoms with Crippen LogP contribution in [0.25, 0.3) is 0 Å². The van der Waals surface area contributed by atoms with Crippen LogP contribution in [-0.2, 0) is 14.8 Å². The predicted molar refractivity (Wildman–Crippen MR) is 100 cm³/mol. The summed E-state index contributed by atoms with van der Waals surface area (Å²) in [6.45, 7) is 0.442. The fourth-order valence-corrected chi connectivity index (χ4v) is 2.84. The van der Waals surface area contributed by atoms with Gasteiger partial charge in [0, 0.05) is 23.7 Å². The van der Waals surface area contributed by atoms with Crippen LogP contribution in [-0.4, -0.2) is 20.9 Å². The molecule has 2 rings (SSSR count). The van der Waals surface area contributed by atoms with Crippen molar-refractivity contribution in [3.63, 3.8) is 0 Å². The van der Waals surface area contributed by atoms with Crippen molar-refractivity contribution in [2.75, 3.05) is 17.2 Å². The standard InChI is InChI=1S/C17H17ClN4O3S/c18-13-3-5-14(6-4-13)22-17(23)2-1-9-21-16-8-7-15(26(20,24)25)10-12(16)11-19/h3-8,10,21H,1-2,9H2,(H,22,23)(H2,20,24,25). The highest BCUT2D eigenvalue weighted by Gasteiger charge is 2.11. The molecule has 0 radical (unpaired) electrons. The van der Waals surface area contributed by atoms with Crippen molar-refractivity contribution in [1.82, 2.24) is 0 Å². The fourth-order valence-electron chi connectivity index (χ4n) is 2.18. The van der Waals surface area contributed by atoms with Crippen LogP contribution < -0.4 is 15.8 Å². The van der Waals surface area contributed by atoms with E-state index in [-0.39, 0.29) is 22.8 Å². The van der Waals surface area contributed by atoms with Crippen molar-refractivity contribution in [3.8, 4) is 6.07 Å².